The van der Waals surface area contributed by atoms with Gasteiger partial charge in [0.2, 0.25) is 0 Å². The molecule has 0 fully saturated rings. The number of carboxylic acids is 1. The fraction of sp³-hybridized carbons (Fsp3) is 0.200. The van der Waals surface area contributed by atoms with Crippen LogP contribution in [-0.2, 0) is 0 Å². The van der Waals surface area contributed by atoms with Crippen LogP contribution in [0.1, 0.15) is 10.4 Å². The van der Waals surface area contributed by atoms with Crippen molar-refractivity contribution in [2.75, 3.05) is 18.5 Å². The second-order valence-corrected chi connectivity index (χ2v) is 3.57. The summed E-state index contributed by atoms with van der Waals surface area (Å²) in [6, 6.07) is 1.41. The highest BCUT2D eigenvalue weighted by atomic mass is 79.9. The maximum atomic E-state index is 10.8. The number of carbonyl (C=O) groups is 1. The summed E-state index contributed by atoms with van der Waals surface area (Å²) in [5.74, 6) is 4.49. The van der Waals surface area contributed by atoms with Gasteiger partial charge in [-0.1, -0.05) is 11.8 Å². The number of pyridine rings is 1. The van der Waals surface area contributed by atoms with Crippen LogP contribution in [0.2, 0.25) is 0 Å². The predicted molar refractivity (Wildman–Crippen MR) is 62.2 cm³/mol. The summed E-state index contributed by atoms with van der Waals surface area (Å²) in [6.07, 6.45) is 1.41. The highest BCUT2D eigenvalue weighted by molar-refractivity contribution is 9.10. The number of aliphatic hydroxyl groups excluding tert-OH is 1. The number of halogens is 1. The maximum Gasteiger partial charge on any atom is 0.337 e. The summed E-state index contributed by atoms with van der Waals surface area (Å²) in [5.41, 5.74) is 0.132. The molecule has 0 aliphatic carbocycles. The van der Waals surface area contributed by atoms with Crippen molar-refractivity contribution in [3.63, 3.8) is 0 Å². The Balaban J connectivity index is 2.75. The quantitative estimate of drug-likeness (QED) is 0.720. The summed E-state index contributed by atoms with van der Waals surface area (Å²) in [6.45, 7) is 0.101. The van der Waals surface area contributed by atoms with E-state index < -0.39 is 5.97 Å². The van der Waals surface area contributed by atoms with Crippen molar-refractivity contribution in [3.8, 4) is 11.8 Å². The van der Waals surface area contributed by atoms with Crippen LogP contribution in [0, 0.1) is 11.8 Å². The van der Waals surface area contributed by atoms with E-state index in [-0.39, 0.29) is 12.2 Å². The normalized spacial score (nSPS) is 9.12. The molecule has 0 spiro atoms. The van der Waals surface area contributed by atoms with E-state index in [1.807, 2.05) is 0 Å². The lowest BCUT2D eigenvalue weighted by atomic mass is 10.2. The third-order valence-corrected chi connectivity index (χ3v) is 2.28. The van der Waals surface area contributed by atoms with Crippen LogP contribution < -0.4 is 5.32 Å². The van der Waals surface area contributed by atoms with Gasteiger partial charge in [0.25, 0.3) is 0 Å². The van der Waals surface area contributed by atoms with Gasteiger partial charge in [0.15, 0.2) is 0 Å². The summed E-state index contributed by atoms with van der Waals surface area (Å²) >= 11 is 3.09. The molecule has 0 saturated carbocycles. The average Bonchev–Trinajstić information content (AvgIpc) is 2.26. The van der Waals surface area contributed by atoms with E-state index in [0.29, 0.717) is 16.8 Å². The Morgan fingerprint density at radius 2 is 2.31 bits per heavy atom. The first-order chi connectivity index (χ1) is 7.65. The first kappa shape index (κ1) is 12.5. The van der Waals surface area contributed by atoms with Crippen LogP contribution in [-0.4, -0.2) is 34.3 Å². The molecule has 0 aliphatic rings. The van der Waals surface area contributed by atoms with Crippen molar-refractivity contribution < 1.29 is 15.0 Å². The van der Waals surface area contributed by atoms with Gasteiger partial charge in [-0.15, -0.1) is 0 Å². The Bertz CT molecular complexity index is 451. The number of nitrogens with one attached hydrogen (secondary N) is 1. The van der Waals surface area contributed by atoms with E-state index in [1.54, 1.807) is 0 Å². The highest BCUT2D eigenvalue weighted by Gasteiger charge is 2.09. The van der Waals surface area contributed by atoms with Gasteiger partial charge in [-0.2, -0.15) is 0 Å². The largest absolute Gasteiger partial charge is 0.478 e. The van der Waals surface area contributed by atoms with Crippen LogP contribution in [0.5, 0.6) is 0 Å². The molecule has 0 atom stereocenters. The lowest BCUT2D eigenvalue weighted by molar-refractivity contribution is 0.0696. The molecule has 0 amide bonds. The maximum absolute atomic E-state index is 10.8. The number of rotatable bonds is 3. The van der Waals surface area contributed by atoms with Crippen LogP contribution in [0.3, 0.4) is 0 Å². The van der Waals surface area contributed by atoms with Gasteiger partial charge in [-0.25, -0.2) is 9.78 Å². The number of aromatic carboxylic acids is 1. The Hall–Kier alpha value is -1.58. The number of nitrogens with zero attached hydrogens (tertiary/aromatic N) is 1. The Kier molecular flexibility index (Phi) is 4.76. The Morgan fingerprint density at radius 3 is 2.94 bits per heavy atom. The molecule has 0 aliphatic heterocycles. The SMILES string of the molecule is O=C(O)c1cc(NCC#CCO)ncc1Br. The fourth-order valence-corrected chi connectivity index (χ4v) is 1.34. The topological polar surface area (TPSA) is 82.5 Å². The molecule has 1 heterocycles. The van der Waals surface area contributed by atoms with E-state index in [0.717, 1.165) is 0 Å². The number of hydrogen-bond donors (Lipinski definition) is 3. The van der Waals surface area contributed by atoms with E-state index >= 15 is 0 Å². The highest BCUT2D eigenvalue weighted by Crippen LogP contribution is 2.18. The third-order valence-electron chi connectivity index (χ3n) is 1.65. The van der Waals surface area contributed by atoms with Crippen LogP contribution >= 0.6 is 15.9 Å². The van der Waals surface area contributed by atoms with E-state index in [4.69, 9.17) is 10.2 Å². The van der Waals surface area contributed by atoms with E-state index in [1.165, 1.54) is 12.3 Å². The molecule has 0 saturated heterocycles. The molecule has 3 N–H and O–H groups in total. The minimum absolute atomic E-state index is 0.132. The van der Waals surface area contributed by atoms with Crippen molar-refractivity contribution in [2.45, 2.75) is 0 Å². The van der Waals surface area contributed by atoms with Crippen LogP contribution in [0.4, 0.5) is 5.82 Å². The van der Waals surface area contributed by atoms with Crippen molar-refractivity contribution in [3.05, 3.63) is 22.3 Å². The molecule has 5 nitrogen and oxygen atoms in total. The van der Waals surface area contributed by atoms with Gasteiger partial charge >= 0.3 is 5.97 Å². The van der Waals surface area contributed by atoms with Gasteiger partial charge in [-0.05, 0) is 22.0 Å². The van der Waals surface area contributed by atoms with Crippen molar-refractivity contribution >= 4 is 27.7 Å². The minimum Gasteiger partial charge on any atom is -0.478 e. The van der Waals surface area contributed by atoms with Gasteiger partial charge in [-0.3, -0.25) is 0 Å². The smallest absolute Gasteiger partial charge is 0.337 e. The Morgan fingerprint density at radius 1 is 1.56 bits per heavy atom. The molecule has 0 radical (unpaired) electrons. The Labute approximate surface area is 101 Å². The van der Waals surface area contributed by atoms with Gasteiger partial charge in [0.05, 0.1) is 16.6 Å². The van der Waals surface area contributed by atoms with E-state index in [9.17, 15) is 4.79 Å². The predicted octanol–water partition coefficient (Wildman–Crippen LogP) is 0.950. The standard InChI is InChI=1S/C10H9BrN2O3/c11-8-6-13-9(5-7(8)10(15)16)12-3-1-2-4-14/h5-6,14H,3-4H2,(H,12,13)(H,15,16). The molecule has 1 rings (SSSR count). The molecular formula is C10H9BrN2O3. The zero-order valence-corrected chi connectivity index (χ0v) is 9.78. The molecule has 6 heteroatoms. The number of aliphatic hydroxyl groups is 1. The third kappa shape index (κ3) is 3.53. The van der Waals surface area contributed by atoms with Crippen molar-refractivity contribution in [1.29, 1.82) is 0 Å². The summed E-state index contributed by atoms with van der Waals surface area (Å²) < 4.78 is 0.423. The van der Waals surface area contributed by atoms with Crippen molar-refractivity contribution in [1.82, 2.24) is 4.98 Å². The van der Waals surface area contributed by atoms with Crippen LogP contribution in [0.25, 0.3) is 0 Å². The lowest BCUT2D eigenvalue weighted by Crippen LogP contribution is -2.05. The minimum atomic E-state index is -1.03. The average molecular weight is 285 g/mol. The monoisotopic (exact) mass is 284 g/mol. The second-order valence-electron chi connectivity index (χ2n) is 2.72. The van der Waals surface area contributed by atoms with Gasteiger partial charge in [0, 0.05) is 6.20 Å². The molecular weight excluding hydrogens is 276 g/mol. The fourth-order valence-electron chi connectivity index (χ4n) is 0.952. The summed E-state index contributed by atoms with van der Waals surface area (Å²) in [7, 11) is 0. The van der Waals surface area contributed by atoms with Gasteiger partial charge < -0.3 is 15.5 Å². The number of aromatic nitrogens is 1. The molecule has 1 aromatic heterocycles. The van der Waals surface area contributed by atoms with E-state index in [2.05, 4.69) is 38.1 Å². The van der Waals surface area contributed by atoms with Crippen LogP contribution in [0.15, 0.2) is 16.7 Å². The zero-order chi connectivity index (χ0) is 12.0. The van der Waals surface area contributed by atoms with Crippen molar-refractivity contribution in [2.24, 2.45) is 0 Å². The molecule has 0 unspecified atom stereocenters. The molecule has 1 aromatic rings. The summed E-state index contributed by atoms with van der Waals surface area (Å²) in [5, 5.41) is 20.1. The number of carboxylic acid groups (broad SMARTS) is 1. The second kappa shape index (κ2) is 6.10. The summed E-state index contributed by atoms with van der Waals surface area (Å²) in [4.78, 5) is 14.8. The lowest BCUT2D eigenvalue weighted by Gasteiger charge is -2.03. The molecule has 84 valence electrons. The molecule has 16 heavy (non-hydrogen) atoms. The first-order valence-corrected chi connectivity index (χ1v) is 5.13. The first-order valence-electron chi connectivity index (χ1n) is 4.34. The zero-order valence-electron chi connectivity index (χ0n) is 8.20. The van der Waals surface area contributed by atoms with Gasteiger partial charge in [0.1, 0.15) is 12.4 Å². The number of anilines is 1. The molecule has 0 bridgehead atoms. The molecule has 0 aromatic carbocycles. The number of hydrogen-bond acceptors (Lipinski definition) is 4.